The summed E-state index contributed by atoms with van der Waals surface area (Å²) >= 11 is 0. The number of hydrogen-bond acceptors (Lipinski definition) is 4. The molecule has 1 aliphatic rings. The molecule has 1 saturated heterocycles. The summed E-state index contributed by atoms with van der Waals surface area (Å²) in [7, 11) is 3.28. The van der Waals surface area contributed by atoms with Crippen LogP contribution in [0.3, 0.4) is 0 Å². The molecule has 1 aromatic heterocycles. The van der Waals surface area contributed by atoms with Crippen molar-refractivity contribution in [1.29, 1.82) is 0 Å². The molecule has 0 aromatic carbocycles. The van der Waals surface area contributed by atoms with Gasteiger partial charge in [0.05, 0.1) is 6.54 Å². The molecule has 1 aromatic rings. The van der Waals surface area contributed by atoms with E-state index in [-0.39, 0.29) is 24.3 Å². The second-order valence-corrected chi connectivity index (χ2v) is 5.89. The lowest BCUT2D eigenvalue weighted by Gasteiger charge is -2.23. The molecule has 2 heterocycles. The number of furan rings is 1. The molecule has 122 valence electrons. The van der Waals surface area contributed by atoms with Crippen molar-refractivity contribution < 1.29 is 14.0 Å². The van der Waals surface area contributed by atoms with Crippen molar-refractivity contribution >= 4 is 11.8 Å². The van der Waals surface area contributed by atoms with Crippen LogP contribution in [0.4, 0.5) is 0 Å². The zero-order chi connectivity index (χ0) is 16.1. The third-order valence-electron chi connectivity index (χ3n) is 4.19. The van der Waals surface area contributed by atoms with Gasteiger partial charge < -0.3 is 14.6 Å². The molecule has 0 saturated carbocycles. The van der Waals surface area contributed by atoms with E-state index < -0.39 is 0 Å². The fourth-order valence-corrected chi connectivity index (χ4v) is 2.62. The van der Waals surface area contributed by atoms with Crippen LogP contribution in [0, 0.1) is 0 Å². The van der Waals surface area contributed by atoms with E-state index in [9.17, 15) is 9.59 Å². The highest BCUT2D eigenvalue weighted by molar-refractivity contribution is 5.92. The number of nitrogens with one attached hydrogen (secondary N) is 1. The maximum atomic E-state index is 12.4. The Balaban J connectivity index is 1.93. The normalized spacial score (nSPS) is 16.5. The molecular formula is C16H25N3O3. The Morgan fingerprint density at radius 2 is 2.05 bits per heavy atom. The Morgan fingerprint density at radius 3 is 2.68 bits per heavy atom. The summed E-state index contributed by atoms with van der Waals surface area (Å²) in [5.74, 6) is 0.878. The van der Waals surface area contributed by atoms with E-state index >= 15 is 0 Å². The molecule has 6 nitrogen and oxygen atoms in total. The number of carbonyl (C=O) groups excluding carboxylic acids is 2. The predicted octanol–water partition coefficient (Wildman–Crippen LogP) is 1.47. The van der Waals surface area contributed by atoms with Crippen LogP contribution >= 0.6 is 0 Å². The van der Waals surface area contributed by atoms with Gasteiger partial charge in [0.25, 0.3) is 5.91 Å². The molecule has 1 atom stereocenters. The van der Waals surface area contributed by atoms with Gasteiger partial charge in [-0.2, -0.15) is 0 Å². The lowest BCUT2D eigenvalue weighted by molar-refractivity contribution is -0.121. The third-order valence-corrected chi connectivity index (χ3v) is 4.19. The Labute approximate surface area is 131 Å². The fourth-order valence-electron chi connectivity index (χ4n) is 2.62. The highest BCUT2D eigenvalue weighted by Gasteiger charge is 2.22. The quantitative estimate of drug-likeness (QED) is 0.864. The molecule has 1 aliphatic heterocycles. The summed E-state index contributed by atoms with van der Waals surface area (Å²) < 4.78 is 5.68. The molecule has 1 unspecified atom stereocenters. The topological polar surface area (TPSA) is 65.8 Å². The minimum absolute atomic E-state index is 0.0821. The largest absolute Gasteiger partial charge is 0.455 e. The summed E-state index contributed by atoms with van der Waals surface area (Å²) in [6.07, 6.45) is 2.73. The van der Waals surface area contributed by atoms with Crippen LogP contribution in [0.15, 0.2) is 16.5 Å². The fraction of sp³-hybridized carbons (Fsp3) is 0.625. The molecule has 0 spiro atoms. The SMILES string of the molecule is CNC(=O)CC(C)N(C)C(=O)c1ccc(CN2CCCC2)o1. The monoisotopic (exact) mass is 307 g/mol. The van der Waals surface area contributed by atoms with E-state index in [0.717, 1.165) is 25.4 Å². The van der Waals surface area contributed by atoms with Crippen LogP contribution in [-0.4, -0.2) is 54.8 Å². The third kappa shape index (κ3) is 4.10. The van der Waals surface area contributed by atoms with Crippen LogP contribution in [-0.2, 0) is 11.3 Å². The van der Waals surface area contributed by atoms with Crippen LogP contribution in [0.5, 0.6) is 0 Å². The van der Waals surface area contributed by atoms with Crippen LogP contribution in [0.2, 0.25) is 0 Å². The standard InChI is InChI=1S/C16H25N3O3/c1-12(10-15(20)17-2)18(3)16(21)14-7-6-13(22-14)11-19-8-4-5-9-19/h6-7,12H,4-5,8-11H2,1-3H3,(H,17,20). The highest BCUT2D eigenvalue weighted by Crippen LogP contribution is 2.17. The lowest BCUT2D eigenvalue weighted by atomic mass is 10.2. The molecule has 6 heteroatoms. The van der Waals surface area contributed by atoms with Gasteiger partial charge in [-0.1, -0.05) is 0 Å². The first-order valence-corrected chi connectivity index (χ1v) is 7.80. The minimum atomic E-state index is -0.191. The Bertz CT molecular complexity index is 520. The first-order valence-electron chi connectivity index (χ1n) is 7.80. The maximum absolute atomic E-state index is 12.4. The zero-order valence-corrected chi connectivity index (χ0v) is 13.6. The van der Waals surface area contributed by atoms with Crippen molar-refractivity contribution in [2.45, 2.75) is 38.8 Å². The first-order chi connectivity index (χ1) is 10.5. The Kier molecular flexibility index (Phi) is 5.60. The molecule has 0 bridgehead atoms. The first kappa shape index (κ1) is 16.5. The van der Waals surface area contributed by atoms with Gasteiger partial charge in [-0.3, -0.25) is 14.5 Å². The molecule has 2 rings (SSSR count). The van der Waals surface area contributed by atoms with Crippen molar-refractivity contribution in [3.63, 3.8) is 0 Å². The number of nitrogens with zero attached hydrogens (tertiary/aromatic N) is 2. The van der Waals surface area contributed by atoms with Gasteiger partial charge >= 0.3 is 0 Å². The Morgan fingerprint density at radius 1 is 1.36 bits per heavy atom. The predicted molar refractivity (Wildman–Crippen MR) is 83.5 cm³/mol. The van der Waals surface area contributed by atoms with Crippen molar-refractivity contribution in [2.24, 2.45) is 0 Å². The van der Waals surface area contributed by atoms with E-state index in [4.69, 9.17) is 4.42 Å². The number of amides is 2. The van der Waals surface area contributed by atoms with Crippen molar-refractivity contribution in [3.05, 3.63) is 23.7 Å². The van der Waals surface area contributed by atoms with Crippen LogP contribution in [0.1, 0.15) is 42.5 Å². The molecule has 0 radical (unpaired) electrons. The summed E-state index contributed by atoms with van der Waals surface area (Å²) in [5.41, 5.74) is 0. The summed E-state index contributed by atoms with van der Waals surface area (Å²) in [5, 5.41) is 2.57. The van der Waals surface area contributed by atoms with Gasteiger partial charge in [0.15, 0.2) is 5.76 Å². The zero-order valence-electron chi connectivity index (χ0n) is 13.6. The second-order valence-electron chi connectivity index (χ2n) is 5.89. The van der Waals surface area contributed by atoms with E-state index in [0.29, 0.717) is 5.76 Å². The van der Waals surface area contributed by atoms with Crippen LogP contribution < -0.4 is 5.32 Å². The van der Waals surface area contributed by atoms with Crippen molar-refractivity contribution in [3.8, 4) is 0 Å². The number of rotatable bonds is 6. The number of hydrogen-bond donors (Lipinski definition) is 1. The smallest absolute Gasteiger partial charge is 0.289 e. The molecule has 1 N–H and O–H groups in total. The highest BCUT2D eigenvalue weighted by atomic mass is 16.4. The Hall–Kier alpha value is -1.82. The summed E-state index contributed by atoms with van der Waals surface area (Å²) in [6.45, 7) is 4.78. The van der Waals surface area contributed by atoms with Crippen molar-refractivity contribution in [2.75, 3.05) is 27.2 Å². The molecular weight excluding hydrogens is 282 g/mol. The summed E-state index contributed by atoms with van der Waals surface area (Å²) in [6, 6.07) is 3.40. The molecule has 1 fully saturated rings. The average molecular weight is 307 g/mol. The maximum Gasteiger partial charge on any atom is 0.289 e. The minimum Gasteiger partial charge on any atom is -0.455 e. The van der Waals surface area contributed by atoms with Gasteiger partial charge in [0.2, 0.25) is 5.91 Å². The van der Waals surface area contributed by atoms with Gasteiger partial charge in [-0.05, 0) is 45.0 Å². The van der Waals surface area contributed by atoms with Gasteiger partial charge in [0, 0.05) is 26.6 Å². The molecule has 22 heavy (non-hydrogen) atoms. The lowest BCUT2D eigenvalue weighted by Crippen LogP contribution is -2.38. The van der Waals surface area contributed by atoms with Crippen LogP contribution in [0.25, 0.3) is 0 Å². The van der Waals surface area contributed by atoms with Gasteiger partial charge in [-0.15, -0.1) is 0 Å². The van der Waals surface area contributed by atoms with E-state index in [1.54, 1.807) is 25.1 Å². The summed E-state index contributed by atoms with van der Waals surface area (Å²) in [4.78, 5) is 27.7. The van der Waals surface area contributed by atoms with E-state index in [2.05, 4.69) is 10.2 Å². The number of carbonyl (C=O) groups is 2. The second kappa shape index (κ2) is 7.45. The van der Waals surface area contributed by atoms with Gasteiger partial charge in [0.1, 0.15) is 5.76 Å². The molecule has 2 amide bonds. The van der Waals surface area contributed by atoms with Gasteiger partial charge in [-0.25, -0.2) is 0 Å². The van der Waals surface area contributed by atoms with E-state index in [1.807, 2.05) is 13.0 Å². The average Bonchev–Trinajstić information content (AvgIpc) is 3.17. The number of likely N-dealkylation sites (tertiary alicyclic amines) is 1. The van der Waals surface area contributed by atoms with Crippen molar-refractivity contribution in [1.82, 2.24) is 15.1 Å². The molecule has 0 aliphatic carbocycles. The van der Waals surface area contributed by atoms with E-state index in [1.165, 1.54) is 12.8 Å².